The van der Waals surface area contributed by atoms with Crippen LogP contribution in [0.15, 0.2) is 39.5 Å². The predicted octanol–water partition coefficient (Wildman–Crippen LogP) is 3.49. The van der Waals surface area contributed by atoms with Crippen molar-refractivity contribution in [3.05, 3.63) is 50.6 Å². The first-order valence-electron chi connectivity index (χ1n) is 5.34. The van der Waals surface area contributed by atoms with Gasteiger partial charge in [0.25, 0.3) is 5.91 Å². The molecule has 2 aromatic rings. The lowest BCUT2D eigenvalue weighted by Gasteiger charge is -2.17. The minimum Gasteiger partial charge on any atom is -0.507 e. The number of hydrogen-bond donors (Lipinski definition) is 1. The Morgan fingerprint density at radius 3 is 2.78 bits per heavy atom. The highest BCUT2D eigenvalue weighted by Gasteiger charge is 2.15. The van der Waals surface area contributed by atoms with Crippen LogP contribution in [0.5, 0.6) is 5.75 Å². The van der Waals surface area contributed by atoms with Crippen molar-refractivity contribution in [3.63, 3.8) is 0 Å². The Hall–Kier alpha value is -1.33. The number of carbonyl (C=O) groups excluding carboxylic acids is 1. The molecule has 0 fully saturated rings. The van der Waals surface area contributed by atoms with Crippen molar-refractivity contribution in [2.45, 2.75) is 6.54 Å². The largest absolute Gasteiger partial charge is 0.507 e. The average Bonchev–Trinajstić information content (AvgIpc) is 2.74. The maximum absolute atomic E-state index is 12.1. The van der Waals surface area contributed by atoms with Crippen LogP contribution in [0.4, 0.5) is 0 Å². The molecule has 0 aliphatic rings. The third-order valence-corrected chi connectivity index (χ3v) is 4.08. The summed E-state index contributed by atoms with van der Waals surface area (Å²) in [6.07, 6.45) is 0. The van der Waals surface area contributed by atoms with Crippen LogP contribution in [0.1, 0.15) is 15.9 Å². The van der Waals surface area contributed by atoms with Crippen LogP contribution in [-0.2, 0) is 6.54 Å². The molecule has 0 unspecified atom stereocenters. The van der Waals surface area contributed by atoms with Crippen molar-refractivity contribution >= 4 is 33.2 Å². The molecule has 5 heteroatoms. The van der Waals surface area contributed by atoms with Crippen molar-refractivity contribution in [1.82, 2.24) is 4.90 Å². The molecule has 1 aromatic carbocycles. The van der Waals surface area contributed by atoms with Gasteiger partial charge in [0.2, 0.25) is 0 Å². The molecule has 1 aromatic heterocycles. The highest BCUT2D eigenvalue weighted by Crippen LogP contribution is 2.23. The maximum atomic E-state index is 12.1. The number of benzene rings is 1. The van der Waals surface area contributed by atoms with E-state index < -0.39 is 0 Å². The summed E-state index contributed by atoms with van der Waals surface area (Å²) in [7, 11) is 1.72. The number of phenolic OH excluding ortho intramolecular Hbond substituents is 1. The summed E-state index contributed by atoms with van der Waals surface area (Å²) in [6, 6.07) is 8.56. The monoisotopic (exact) mass is 325 g/mol. The zero-order valence-corrected chi connectivity index (χ0v) is 12.2. The van der Waals surface area contributed by atoms with E-state index in [4.69, 9.17) is 0 Å². The number of para-hydroxylation sites is 1. The van der Waals surface area contributed by atoms with Gasteiger partial charge in [0.05, 0.1) is 9.35 Å². The smallest absolute Gasteiger partial charge is 0.257 e. The Kier molecular flexibility index (Phi) is 4.04. The minimum atomic E-state index is -0.185. The second kappa shape index (κ2) is 5.54. The first-order valence-corrected chi connectivity index (χ1v) is 7.01. The van der Waals surface area contributed by atoms with Crippen molar-refractivity contribution in [1.29, 1.82) is 0 Å². The first kappa shape index (κ1) is 13.1. The van der Waals surface area contributed by atoms with E-state index in [1.807, 2.05) is 11.4 Å². The lowest BCUT2D eigenvalue weighted by atomic mass is 10.1. The number of thiophene rings is 1. The molecule has 0 spiro atoms. The van der Waals surface area contributed by atoms with Crippen LogP contribution in [0.25, 0.3) is 0 Å². The number of nitrogens with zero attached hydrogens (tertiary/aromatic N) is 1. The second-order valence-corrected chi connectivity index (χ2v) is 6.23. The fourth-order valence-electron chi connectivity index (χ4n) is 1.63. The Balaban J connectivity index is 2.12. The molecular formula is C13H12BrNO2S. The molecule has 0 saturated carbocycles. The SMILES string of the molecule is CN(Cc1csc(Br)c1)C(=O)c1ccccc1O. The van der Waals surface area contributed by atoms with Gasteiger partial charge in [-0.05, 0) is 45.1 Å². The standard InChI is InChI=1S/C13H12BrNO2S/c1-15(7-9-6-12(14)18-8-9)13(17)10-4-2-3-5-11(10)16/h2-6,8,16H,7H2,1H3. The second-order valence-electron chi connectivity index (χ2n) is 3.94. The van der Waals surface area contributed by atoms with Crippen LogP contribution >= 0.6 is 27.3 Å². The topological polar surface area (TPSA) is 40.5 Å². The van der Waals surface area contributed by atoms with Gasteiger partial charge in [-0.15, -0.1) is 11.3 Å². The quantitative estimate of drug-likeness (QED) is 0.938. The van der Waals surface area contributed by atoms with Crippen LogP contribution in [0, 0.1) is 0 Å². The van der Waals surface area contributed by atoms with Crippen LogP contribution in [0.3, 0.4) is 0 Å². The van der Waals surface area contributed by atoms with Gasteiger partial charge in [0, 0.05) is 13.6 Å². The van der Waals surface area contributed by atoms with E-state index in [0.717, 1.165) is 9.35 Å². The van der Waals surface area contributed by atoms with Crippen LogP contribution in [-0.4, -0.2) is 23.0 Å². The van der Waals surface area contributed by atoms with E-state index >= 15 is 0 Å². The molecule has 1 amide bonds. The number of aromatic hydroxyl groups is 1. The summed E-state index contributed by atoms with van der Waals surface area (Å²) in [4.78, 5) is 13.7. The Morgan fingerprint density at radius 1 is 1.44 bits per heavy atom. The normalized spacial score (nSPS) is 10.3. The molecule has 0 aliphatic heterocycles. The summed E-state index contributed by atoms with van der Waals surface area (Å²) in [5, 5.41) is 11.6. The van der Waals surface area contributed by atoms with Gasteiger partial charge in [-0.2, -0.15) is 0 Å². The highest BCUT2D eigenvalue weighted by atomic mass is 79.9. The minimum absolute atomic E-state index is 0.0147. The fraction of sp³-hybridized carbons (Fsp3) is 0.154. The Labute approximate surface area is 118 Å². The van der Waals surface area contributed by atoms with E-state index in [1.165, 1.54) is 6.07 Å². The summed E-state index contributed by atoms with van der Waals surface area (Å²) in [6.45, 7) is 0.523. The molecule has 0 bridgehead atoms. The van der Waals surface area contributed by atoms with E-state index in [0.29, 0.717) is 12.1 Å². The molecule has 94 valence electrons. The van der Waals surface area contributed by atoms with Gasteiger partial charge in [-0.1, -0.05) is 12.1 Å². The van der Waals surface area contributed by atoms with E-state index in [9.17, 15) is 9.90 Å². The van der Waals surface area contributed by atoms with Crippen molar-refractivity contribution in [2.24, 2.45) is 0 Å². The third-order valence-electron chi connectivity index (χ3n) is 2.52. The summed E-state index contributed by atoms with van der Waals surface area (Å²) >= 11 is 4.98. The van der Waals surface area contributed by atoms with E-state index in [-0.39, 0.29) is 11.7 Å². The molecule has 1 N–H and O–H groups in total. The first-order chi connectivity index (χ1) is 8.58. The number of rotatable bonds is 3. The molecule has 0 radical (unpaired) electrons. The number of carbonyl (C=O) groups is 1. The van der Waals surface area contributed by atoms with Gasteiger partial charge in [-0.25, -0.2) is 0 Å². The summed E-state index contributed by atoms with van der Waals surface area (Å²) < 4.78 is 1.04. The average molecular weight is 326 g/mol. The molecule has 1 heterocycles. The molecule has 2 rings (SSSR count). The van der Waals surface area contributed by atoms with E-state index in [1.54, 1.807) is 41.5 Å². The molecule has 0 aliphatic carbocycles. The zero-order valence-electron chi connectivity index (χ0n) is 9.76. The number of amides is 1. The molecule has 0 saturated heterocycles. The lowest BCUT2D eigenvalue weighted by molar-refractivity contribution is 0.0782. The van der Waals surface area contributed by atoms with Gasteiger partial charge in [-0.3, -0.25) is 4.79 Å². The lowest BCUT2D eigenvalue weighted by Crippen LogP contribution is -2.26. The molecule has 18 heavy (non-hydrogen) atoms. The maximum Gasteiger partial charge on any atom is 0.257 e. The zero-order chi connectivity index (χ0) is 13.1. The third kappa shape index (κ3) is 2.91. The molecular weight excluding hydrogens is 314 g/mol. The fourth-order valence-corrected chi connectivity index (χ4v) is 2.83. The van der Waals surface area contributed by atoms with Gasteiger partial charge < -0.3 is 10.0 Å². The Bertz CT molecular complexity index is 568. The van der Waals surface area contributed by atoms with Crippen molar-refractivity contribution in [2.75, 3.05) is 7.05 Å². The van der Waals surface area contributed by atoms with Crippen LogP contribution in [0.2, 0.25) is 0 Å². The van der Waals surface area contributed by atoms with Gasteiger partial charge >= 0.3 is 0 Å². The number of halogens is 1. The van der Waals surface area contributed by atoms with E-state index in [2.05, 4.69) is 15.9 Å². The van der Waals surface area contributed by atoms with Crippen LogP contribution < -0.4 is 0 Å². The Morgan fingerprint density at radius 2 is 2.17 bits per heavy atom. The van der Waals surface area contributed by atoms with Crippen molar-refractivity contribution in [3.8, 4) is 5.75 Å². The summed E-state index contributed by atoms with van der Waals surface area (Å²) in [5.74, 6) is -0.170. The molecule has 0 atom stereocenters. The van der Waals surface area contributed by atoms with Gasteiger partial charge in [0.1, 0.15) is 5.75 Å². The molecule has 3 nitrogen and oxygen atoms in total. The predicted molar refractivity (Wildman–Crippen MR) is 75.9 cm³/mol. The number of phenols is 1. The number of hydrogen-bond acceptors (Lipinski definition) is 3. The summed E-state index contributed by atoms with van der Waals surface area (Å²) in [5.41, 5.74) is 1.40. The van der Waals surface area contributed by atoms with Gasteiger partial charge in [0.15, 0.2) is 0 Å². The van der Waals surface area contributed by atoms with Crippen molar-refractivity contribution < 1.29 is 9.90 Å². The highest BCUT2D eigenvalue weighted by molar-refractivity contribution is 9.11.